The summed E-state index contributed by atoms with van der Waals surface area (Å²) in [4.78, 5) is 18.1. The number of thiazole rings is 1. The van der Waals surface area contributed by atoms with E-state index < -0.39 is 0 Å². The molecular formula is C16H14FN3O3S. The second-order valence-electron chi connectivity index (χ2n) is 5.14. The van der Waals surface area contributed by atoms with Gasteiger partial charge in [0.15, 0.2) is 4.96 Å². The summed E-state index contributed by atoms with van der Waals surface area (Å²) in [6.07, 6.45) is 0. The van der Waals surface area contributed by atoms with Crippen LogP contribution in [0.2, 0.25) is 0 Å². The maximum absolute atomic E-state index is 12.9. The molecule has 0 radical (unpaired) electrons. The first-order chi connectivity index (χ1) is 11.5. The average Bonchev–Trinajstić information content (AvgIpc) is 2.90. The van der Waals surface area contributed by atoms with Gasteiger partial charge in [-0.2, -0.15) is 0 Å². The van der Waals surface area contributed by atoms with Crippen molar-refractivity contribution in [3.8, 4) is 5.75 Å². The molecule has 0 bridgehead atoms. The van der Waals surface area contributed by atoms with Gasteiger partial charge in [0.05, 0.1) is 11.4 Å². The lowest BCUT2D eigenvalue weighted by Gasteiger charge is -2.06. The Labute approximate surface area is 140 Å². The van der Waals surface area contributed by atoms with Gasteiger partial charge >= 0.3 is 0 Å². The number of rotatable bonds is 4. The van der Waals surface area contributed by atoms with E-state index in [-0.39, 0.29) is 18.0 Å². The summed E-state index contributed by atoms with van der Waals surface area (Å²) in [7, 11) is 0. The van der Waals surface area contributed by atoms with Gasteiger partial charge in [-0.05, 0) is 38.1 Å². The standard InChI is InChI=1S/C16H14FN3O3S/c1-9(19-22)15-10(2)24-16-18-12(7-14(21)20(15)16)8-23-13-5-3-11(17)4-6-13/h3-7,22H,8H2,1-2H3/b19-9+. The van der Waals surface area contributed by atoms with Crippen molar-refractivity contribution in [1.29, 1.82) is 0 Å². The van der Waals surface area contributed by atoms with E-state index in [1.54, 1.807) is 6.92 Å². The van der Waals surface area contributed by atoms with E-state index in [1.807, 2.05) is 6.92 Å². The molecule has 0 unspecified atom stereocenters. The summed E-state index contributed by atoms with van der Waals surface area (Å²) >= 11 is 1.33. The zero-order chi connectivity index (χ0) is 17.3. The molecule has 0 aliphatic heterocycles. The molecule has 0 spiro atoms. The van der Waals surface area contributed by atoms with Crippen molar-refractivity contribution in [2.45, 2.75) is 20.5 Å². The fraction of sp³-hybridized carbons (Fsp3) is 0.188. The zero-order valence-electron chi connectivity index (χ0n) is 13.0. The number of aryl methyl sites for hydroxylation is 1. The minimum atomic E-state index is -0.345. The van der Waals surface area contributed by atoms with Crippen LogP contribution in [0.15, 0.2) is 40.3 Å². The SMILES string of the molecule is C/C(=N\O)c1c(C)sc2nc(COc3ccc(F)cc3)cc(=O)n12. The van der Waals surface area contributed by atoms with Crippen molar-refractivity contribution in [2.75, 3.05) is 0 Å². The van der Waals surface area contributed by atoms with Gasteiger partial charge in [0, 0.05) is 10.9 Å². The quantitative estimate of drug-likeness (QED) is 0.447. The Morgan fingerprint density at radius 2 is 2.12 bits per heavy atom. The largest absolute Gasteiger partial charge is 0.487 e. The number of halogens is 1. The molecule has 6 nitrogen and oxygen atoms in total. The molecule has 0 aliphatic carbocycles. The van der Waals surface area contributed by atoms with Gasteiger partial charge in [-0.1, -0.05) is 5.16 Å². The molecule has 1 aromatic carbocycles. The summed E-state index contributed by atoms with van der Waals surface area (Å²) in [5.74, 6) is 0.146. The van der Waals surface area contributed by atoms with E-state index in [9.17, 15) is 9.18 Å². The molecule has 3 rings (SSSR count). The van der Waals surface area contributed by atoms with E-state index in [0.717, 1.165) is 4.88 Å². The van der Waals surface area contributed by atoms with Crippen LogP contribution in [0, 0.1) is 12.7 Å². The van der Waals surface area contributed by atoms with Gasteiger partial charge < -0.3 is 9.94 Å². The van der Waals surface area contributed by atoms with Crippen LogP contribution in [0.5, 0.6) is 5.75 Å². The number of oxime groups is 1. The van der Waals surface area contributed by atoms with Crippen molar-refractivity contribution in [1.82, 2.24) is 9.38 Å². The predicted molar refractivity (Wildman–Crippen MR) is 88.8 cm³/mol. The first-order valence-corrected chi connectivity index (χ1v) is 7.90. The highest BCUT2D eigenvalue weighted by molar-refractivity contribution is 7.17. The monoisotopic (exact) mass is 347 g/mol. The summed E-state index contributed by atoms with van der Waals surface area (Å²) in [5, 5.41) is 12.1. The van der Waals surface area contributed by atoms with Gasteiger partial charge in [-0.3, -0.25) is 4.79 Å². The minimum absolute atomic E-state index is 0.0940. The fourth-order valence-electron chi connectivity index (χ4n) is 2.35. The first-order valence-electron chi connectivity index (χ1n) is 7.09. The molecule has 0 saturated carbocycles. The number of hydrogen-bond donors (Lipinski definition) is 1. The highest BCUT2D eigenvalue weighted by Gasteiger charge is 2.15. The van der Waals surface area contributed by atoms with Gasteiger partial charge in [-0.15, -0.1) is 11.3 Å². The maximum Gasteiger partial charge on any atom is 0.259 e. The molecule has 0 atom stereocenters. The second kappa shape index (κ2) is 6.40. The molecule has 0 aliphatic rings. The minimum Gasteiger partial charge on any atom is -0.487 e. The molecule has 0 saturated heterocycles. The van der Waals surface area contributed by atoms with Crippen LogP contribution in [0.1, 0.15) is 23.2 Å². The molecule has 3 aromatic rings. The van der Waals surface area contributed by atoms with Crippen LogP contribution in [0.4, 0.5) is 4.39 Å². The van der Waals surface area contributed by atoms with E-state index in [2.05, 4.69) is 10.1 Å². The normalized spacial score (nSPS) is 11.9. The van der Waals surface area contributed by atoms with Crippen molar-refractivity contribution >= 4 is 22.0 Å². The van der Waals surface area contributed by atoms with E-state index >= 15 is 0 Å². The first kappa shape index (κ1) is 16.1. The van der Waals surface area contributed by atoms with Crippen LogP contribution in [0.3, 0.4) is 0 Å². The predicted octanol–water partition coefficient (Wildman–Crippen LogP) is 2.98. The van der Waals surface area contributed by atoms with Gasteiger partial charge in [-0.25, -0.2) is 13.8 Å². The number of aromatic nitrogens is 2. The maximum atomic E-state index is 12.9. The van der Waals surface area contributed by atoms with Gasteiger partial charge in [0.25, 0.3) is 5.56 Å². The van der Waals surface area contributed by atoms with Crippen LogP contribution < -0.4 is 10.3 Å². The summed E-state index contributed by atoms with van der Waals surface area (Å²) in [6, 6.07) is 6.99. The summed E-state index contributed by atoms with van der Waals surface area (Å²) < 4.78 is 19.8. The van der Waals surface area contributed by atoms with Crippen LogP contribution in [0.25, 0.3) is 4.96 Å². The Bertz CT molecular complexity index is 977. The smallest absolute Gasteiger partial charge is 0.259 e. The third-order valence-corrected chi connectivity index (χ3v) is 4.39. The highest BCUT2D eigenvalue weighted by atomic mass is 32.1. The molecule has 24 heavy (non-hydrogen) atoms. The number of ether oxygens (including phenoxy) is 1. The van der Waals surface area contributed by atoms with Gasteiger partial charge in [0.2, 0.25) is 0 Å². The molecule has 1 N–H and O–H groups in total. The van der Waals surface area contributed by atoms with E-state index in [0.29, 0.717) is 27.8 Å². The summed E-state index contributed by atoms with van der Waals surface area (Å²) in [6.45, 7) is 3.54. The lowest BCUT2D eigenvalue weighted by atomic mass is 10.2. The van der Waals surface area contributed by atoms with Crippen LogP contribution in [-0.2, 0) is 6.61 Å². The Hall–Kier alpha value is -2.74. The molecule has 0 fully saturated rings. The number of hydrogen-bond acceptors (Lipinski definition) is 6. The van der Waals surface area contributed by atoms with Crippen LogP contribution in [-0.4, -0.2) is 20.3 Å². The van der Waals surface area contributed by atoms with Crippen molar-refractivity contribution < 1.29 is 14.3 Å². The van der Waals surface area contributed by atoms with Crippen molar-refractivity contribution in [3.05, 3.63) is 62.8 Å². The lowest BCUT2D eigenvalue weighted by Crippen LogP contribution is -2.19. The number of benzene rings is 1. The molecule has 0 amide bonds. The topological polar surface area (TPSA) is 76.2 Å². The second-order valence-corrected chi connectivity index (χ2v) is 6.32. The van der Waals surface area contributed by atoms with E-state index in [1.165, 1.54) is 46.1 Å². The Morgan fingerprint density at radius 1 is 1.42 bits per heavy atom. The average molecular weight is 347 g/mol. The number of fused-ring (bicyclic) bond motifs is 1. The molecular weight excluding hydrogens is 333 g/mol. The van der Waals surface area contributed by atoms with Crippen molar-refractivity contribution in [3.63, 3.8) is 0 Å². The highest BCUT2D eigenvalue weighted by Crippen LogP contribution is 2.21. The third kappa shape index (κ3) is 3.00. The zero-order valence-corrected chi connectivity index (χ0v) is 13.8. The van der Waals surface area contributed by atoms with Crippen LogP contribution >= 0.6 is 11.3 Å². The lowest BCUT2D eigenvalue weighted by molar-refractivity contribution is 0.301. The number of nitrogens with zero attached hydrogens (tertiary/aromatic N) is 3. The Kier molecular flexibility index (Phi) is 4.30. The molecule has 2 heterocycles. The van der Waals surface area contributed by atoms with Crippen molar-refractivity contribution in [2.24, 2.45) is 5.16 Å². The fourth-order valence-corrected chi connectivity index (χ4v) is 3.39. The van der Waals surface area contributed by atoms with E-state index in [4.69, 9.17) is 9.94 Å². The molecule has 8 heteroatoms. The van der Waals surface area contributed by atoms with Gasteiger partial charge in [0.1, 0.15) is 23.9 Å². The molecule has 2 aromatic heterocycles. The molecule has 124 valence electrons. The Balaban J connectivity index is 1.94. The summed E-state index contributed by atoms with van der Waals surface area (Å²) in [5.41, 5.74) is 1.08. The Morgan fingerprint density at radius 3 is 2.79 bits per heavy atom. The third-order valence-electron chi connectivity index (χ3n) is 3.44.